The van der Waals surface area contributed by atoms with Crippen molar-refractivity contribution in [1.29, 1.82) is 0 Å². The van der Waals surface area contributed by atoms with Gasteiger partial charge in [-0.15, -0.1) is 0 Å². The van der Waals surface area contributed by atoms with Crippen molar-refractivity contribution in [2.45, 2.75) is 19.1 Å². The highest BCUT2D eigenvalue weighted by atomic mass is 32.2. The number of para-hydroxylation sites is 1. The van der Waals surface area contributed by atoms with Crippen molar-refractivity contribution in [3.05, 3.63) is 53.7 Å². The van der Waals surface area contributed by atoms with E-state index in [0.29, 0.717) is 5.56 Å². The zero-order valence-electron chi connectivity index (χ0n) is 14.9. The van der Waals surface area contributed by atoms with Gasteiger partial charge < -0.3 is 10.1 Å². The topological polar surface area (TPSA) is 97.4 Å². The minimum atomic E-state index is -4.46. The van der Waals surface area contributed by atoms with Crippen molar-refractivity contribution < 1.29 is 31.1 Å². The van der Waals surface area contributed by atoms with E-state index in [9.17, 15) is 26.4 Å². The quantitative estimate of drug-likeness (QED) is 0.722. The number of halogens is 3. The molecule has 0 saturated heterocycles. The van der Waals surface area contributed by atoms with Gasteiger partial charge in [-0.2, -0.15) is 13.2 Å². The first-order chi connectivity index (χ1) is 12.9. The number of nitrogens with zero attached hydrogens (tertiary/aromatic N) is 1. The number of alkyl halides is 3. The van der Waals surface area contributed by atoms with Crippen LogP contribution in [-0.4, -0.2) is 38.3 Å². The lowest BCUT2D eigenvalue weighted by Crippen LogP contribution is -2.28. The van der Waals surface area contributed by atoms with E-state index in [0.717, 1.165) is 6.26 Å². The molecule has 0 bridgehead atoms. The SMILES string of the molecule is CC(NC(=O)c1ccccc1NS(C)(=O)=O)c1ccc(OCC(F)(F)F)nc1. The van der Waals surface area contributed by atoms with Crippen LogP contribution in [0.3, 0.4) is 0 Å². The fourth-order valence-electron chi connectivity index (χ4n) is 2.22. The Hall–Kier alpha value is -2.82. The van der Waals surface area contributed by atoms with Crippen molar-refractivity contribution in [3.8, 4) is 5.88 Å². The van der Waals surface area contributed by atoms with Crippen LogP contribution in [0.4, 0.5) is 18.9 Å². The van der Waals surface area contributed by atoms with E-state index in [1.54, 1.807) is 19.1 Å². The maximum atomic E-state index is 12.5. The van der Waals surface area contributed by atoms with Crippen LogP contribution in [0.25, 0.3) is 0 Å². The second-order valence-corrected chi connectivity index (χ2v) is 7.70. The second-order valence-electron chi connectivity index (χ2n) is 5.95. The average molecular weight is 417 g/mol. The molecule has 1 aromatic carbocycles. The maximum absolute atomic E-state index is 12.5. The van der Waals surface area contributed by atoms with Crippen LogP contribution in [0.5, 0.6) is 5.88 Å². The molecule has 2 aromatic rings. The number of anilines is 1. The van der Waals surface area contributed by atoms with Gasteiger partial charge in [0.1, 0.15) is 0 Å². The van der Waals surface area contributed by atoms with E-state index in [-0.39, 0.29) is 17.1 Å². The van der Waals surface area contributed by atoms with E-state index in [1.807, 2.05) is 0 Å². The third-order valence-electron chi connectivity index (χ3n) is 3.46. The van der Waals surface area contributed by atoms with E-state index in [4.69, 9.17) is 0 Å². The van der Waals surface area contributed by atoms with Gasteiger partial charge in [0.2, 0.25) is 15.9 Å². The van der Waals surface area contributed by atoms with Gasteiger partial charge >= 0.3 is 6.18 Å². The van der Waals surface area contributed by atoms with Gasteiger partial charge in [0, 0.05) is 12.3 Å². The summed E-state index contributed by atoms with van der Waals surface area (Å²) in [7, 11) is -3.57. The number of sulfonamides is 1. The summed E-state index contributed by atoms with van der Waals surface area (Å²) in [6.07, 6.45) is -2.20. The molecule has 1 aromatic heterocycles. The van der Waals surface area contributed by atoms with Crippen molar-refractivity contribution in [2.75, 3.05) is 17.6 Å². The van der Waals surface area contributed by atoms with Gasteiger partial charge in [-0.1, -0.05) is 18.2 Å². The summed E-state index contributed by atoms with van der Waals surface area (Å²) in [5, 5.41) is 2.68. The lowest BCUT2D eigenvalue weighted by molar-refractivity contribution is -0.154. The normalized spacial score (nSPS) is 12.9. The maximum Gasteiger partial charge on any atom is 0.422 e. The van der Waals surface area contributed by atoms with Crippen molar-refractivity contribution in [3.63, 3.8) is 0 Å². The Bertz CT molecular complexity index is 931. The molecule has 7 nitrogen and oxygen atoms in total. The minimum absolute atomic E-state index is 0.123. The predicted molar refractivity (Wildman–Crippen MR) is 96.6 cm³/mol. The number of hydrogen-bond donors (Lipinski definition) is 2. The molecule has 152 valence electrons. The first-order valence-corrected chi connectivity index (χ1v) is 9.87. The summed E-state index contributed by atoms with van der Waals surface area (Å²) < 4.78 is 66.1. The van der Waals surface area contributed by atoms with Crippen LogP contribution in [0.2, 0.25) is 0 Å². The summed E-state index contributed by atoms with van der Waals surface area (Å²) >= 11 is 0. The Balaban J connectivity index is 2.07. The van der Waals surface area contributed by atoms with Gasteiger partial charge in [0.15, 0.2) is 6.61 Å². The first-order valence-electron chi connectivity index (χ1n) is 7.98. The Morgan fingerprint density at radius 1 is 1.21 bits per heavy atom. The van der Waals surface area contributed by atoms with Gasteiger partial charge in [-0.25, -0.2) is 13.4 Å². The van der Waals surface area contributed by atoms with E-state index >= 15 is 0 Å². The van der Waals surface area contributed by atoms with Crippen molar-refractivity contribution >= 4 is 21.6 Å². The second kappa shape index (κ2) is 8.46. The molecule has 11 heteroatoms. The Kier molecular flexibility index (Phi) is 6.49. The molecule has 0 saturated carbocycles. The highest BCUT2D eigenvalue weighted by Gasteiger charge is 2.28. The van der Waals surface area contributed by atoms with Crippen molar-refractivity contribution in [2.24, 2.45) is 0 Å². The highest BCUT2D eigenvalue weighted by Crippen LogP contribution is 2.21. The van der Waals surface area contributed by atoms with Crippen LogP contribution >= 0.6 is 0 Å². The molecule has 0 fully saturated rings. The summed E-state index contributed by atoms with van der Waals surface area (Å²) in [6.45, 7) is 0.202. The molecule has 0 aliphatic heterocycles. The molecule has 0 radical (unpaired) electrons. The molecule has 2 rings (SSSR count). The van der Waals surface area contributed by atoms with Gasteiger partial charge in [-0.3, -0.25) is 9.52 Å². The Labute approximate surface area is 160 Å². The molecule has 1 atom stereocenters. The van der Waals surface area contributed by atoms with Crippen LogP contribution in [0.15, 0.2) is 42.6 Å². The van der Waals surface area contributed by atoms with Gasteiger partial charge in [-0.05, 0) is 24.6 Å². The minimum Gasteiger partial charge on any atom is -0.468 e. The number of aromatic nitrogens is 1. The fraction of sp³-hybridized carbons (Fsp3) is 0.294. The van der Waals surface area contributed by atoms with Gasteiger partial charge in [0.25, 0.3) is 5.91 Å². The number of carbonyl (C=O) groups excluding carboxylic acids is 1. The van der Waals surface area contributed by atoms with Crippen molar-refractivity contribution in [1.82, 2.24) is 10.3 Å². The fourth-order valence-corrected chi connectivity index (χ4v) is 2.79. The lowest BCUT2D eigenvalue weighted by Gasteiger charge is -2.16. The monoisotopic (exact) mass is 417 g/mol. The standard InChI is InChI=1S/C17H18F3N3O4S/c1-11(12-7-8-15(21-9-12)27-10-17(18,19)20)22-16(24)13-5-3-4-6-14(13)23-28(2,25)26/h3-9,11,23H,10H2,1-2H3,(H,22,24). The molecule has 1 unspecified atom stereocenters. The molecule has 1 amide bonds. The number of nitrogens with one attached hydrogen (secondary N) is 2. The third-order valence-corrected chi connectivity index (χ3v) is 4.05. The molecule has 28 heavy (non-hydrogen) atoms. The summed E-state index contributed by atoms with van der Waals surface area (Å²) in [6, 6.07) is 8.28. The zero-order valence-corrected chi connectivity index (χ0v) is 15.8. The molecule has 2 N–H and O–H groups in total. The third kappa shape index (κ3) is 6.72. The van der Waals surface area contributed by atoms with Crippen LogP contribution in [0.1, 0.15) is 28.9 Å². The van der Waals surface area contributed by atoms with Crippen LogP contribution in [-0.2, 0) is 10.0 Å². The summed E-state index contributed by atoms with van der Waals surface area (Å²) in [5.41, 5.74) is 0.780. The molecule has 0 aliphatic carbocycles. The number of amides is 1. The van der Waals surface area contributed by atoms with E-state index in [1.165, 1.54) is 30.5 Å². The largest absolute Gasteiger partial charge is 0.468 e. The molecule has 1 heterocycles. The smallest absolute Gasteiger partial charge is 0.422 e. The number of pyridine rings is 1. The van der Waals surface area contributed by atoms with Gasteiger partial charge in [0.05, 0.1) is 23.5 Å². The Morgan fingerprint density at radius 2 is 1.89 bits per heavy atom. The Morgan fingerprint density at radius 3 is 2.46 bits per heavy atom. The molecular formula is C17H18F3N3O4S. The highest BCUT2D eigenvalue weighted by molar-refractivity contribution is 7.92. The number of ether oxygens (including phenoxy) is 1. The zero-order chi connectivity index (χ0) is 20.9. The van der Waals surface area contributed by atoms with E-state index < -0.39 is 34.8 Å². The predicted octanol–water partition coefficient (Wildman–Crippen LogP) is 2.89. The molecular weight excluding hydrogens is 399 g/mol. The summed E-state index contributed by atoms with van der Waals surface area (Å²) in [5.74, 6) is -0.723. The molecule has 0 spiro atoms. The van der Waals surface area contributed by atoms with Crippen LogP contribution < -0.4 is 14.8 Å². The number of hydrogen-bond acceptors (Lipinski definition) is 5. The number of rotatable bonds is 7. The lowest BCUT2D eigenvalue weighted by atomic mass is 10.1. The van der Waals surface area contributed by atoms with E-state index in [2.05, 4.69) is 19.8 Å². The van der Waals surface area contributed by atoms with Crippen LogP contribution in [0, 0.1) is 0 Å². The number of benzene rings is 1. The molecule has 0 aliphatic rings. The summed E-state index contributed by atoms with van der Waals surface area (Å²) in [4.78, 5) is 16.3. The number of carbonyl (C=O) groups is 1. The first kappa shape index (κ1) is 21.5. The average Bonchev–Trinajstić information content (AvgIpc) is 2.58.